The molecule has 3 nitrogen and oxygen atoms in total. The van der Waals surface area contributed by atoms with Gasteiger partial charge < -0.3 is 5.73 Å². The normalized spacial score (nSPS) is 15.7. The molecule has 0 unspecified atom stereocenters. The Morgan fingerprint density at radius 2 is 2.20 bits per heavy atom. The first-order valence-corrected chi connectivity index (χ1v) is 5.23. The summed E-state index contributed by atoms with van der Waals surface area (Å²) in [5.41, 5.74) is 5.91. The van der Waals surface area contributed by atoms with Crippen LogP contribution in [0.25, 0.3) is 0 Å². The fourth-order valence-electron chi connectivity index (χ4n) is 1.27. The van der Waals surface area contributed by atoms with Crippen molar-refractivity contribution in [1.29, 1.82) is 0 Å². The van der Waals surface area contributed by atoms with E-state index in [1.807, 2.05) is 12.1 Å². The minimum atomic E-state index is -2.51. The first-order valence-electron chi connectivity index (χ1n) is 4.41. The van der Waals surface area contributed by atoms with Gasteiger partial charge in [-0.1, -0.05) is 0 Å². The summed E-state index contributed by atoms with van der Waals surface area (Å²) in [5, 5.41) is 7.21. The molecule has 0 fully saturated rings. The van der Waals surface area contributed by atoms with Crippen molar-refractivity contribution in [3.8, 4) is 0 Å². The van der Waals surface area contributed by atoms with E-state index in [2.05, 4.69) is 10.2 Å². The van der Waals surface area contributed by atoms with Crippen LogP contribution in [0.5, 0.6) is 0 Å². The van der Waals surface area contributed by atoms with Gasteiger partial charge in [0.25, 0.3) is 6.43 Å². The molecule has 1 aromatic rings. The number of nitrogens with two attached hydrogens (primary N) is 1. The van der Waals surface area contributed by atoms with Crippen LogP contribution in [0.3, 0.4) is 0 Å². The van der Waals surface area contributed by atoms with Crippen molar-refractivity contribution >= 4 is 22.8 Å². The van der Waals surface area contributed by atoms with Crippen LogP contribution < -0.4 is 5.73 Å². The summed E-state index contributed by atoms with van der Waals surface area (Å²) in [4.78, 5) is 1.88. The van der Waals surface area contributed by atoms with Gasteiger partial charge in [0.05, 0.1) is 10.6 Å². The summed E-state index contributed by atoms with van der Waals surface area (Å²) in [6.07, 6.45) is -2.37. The van der Waals surface area contributed by atoms with Crippen LogP contribution in [0.4, 0.5) is 8.78 Å². The van der Waals surface area contributed by atoms with Crippen LogP contribution in [0, 0.1) is 0 Å². The van der Waals surface area contributed by atoms with Crippen LogP contribution >= 0.6 is 11.3 Å². The number of hydrogen-bond acceptors (Lipinski definition) is 4. The Morgan fingerprint density at radius 3 is 2.73 bits per heavy atom. The lowest BCUT2D eigenvalue weighted by atomic mass is 10.2. The van der Waals surface area contributed by atoms with Gasteiger partial charge in [-0.05, 0) is 12.1 Å². The molecule has 0 aromatic carbocycles. The summed E-state index contributed by atoms with van der Waals surface area (Å²) >= 11 is 1.47. The molecule has 0 bridgehead atoms. The summed E-state index contributed by atoms with van der Waals surface area (Å²) in [7, 11) is 0. The Labute approximate surface area is 89.3 Å². The second-order valence-corrected chi connectivity index (χ2v) is 4.25. The van der Waals surface area contributed by atoms with Crippen molar-refractivity contribution < 1.29 is 8.78 Å². The molecule has 15 heavy (non-hydrogen) atoms. The average molecular weight is 229 g/mol. The van der Waals surface area contributed by atoms with E-state index in [1.54, 1.807) is 0 Å². The summed E-state index contributed by atoms with van der Waals surface area (Å²) < 4.78 is 24.6. The maximum Gasteiger partial charge on any atom is 0.278 e. The number of rotatable bonds is 3. The molecule has 2 N–H and O–H groups in total. The van der Waals surface area contributed by atoms with Gasteiger partial charge in [-0.3, -0.25) is 0 Å². The molecule has 0 saturated carbocycles. The van der Waals surface area contributed by atoms with E-state index in [9.17, 15) is 8.78 Å². The SMILES string of the molecule is NCc1ccc(C2=NN=C(C(F)F)C2)s1. The first kappa shape index (κ1) is 10.4. The molecular weight excluding hydrogens is 220 g/mol. The molecule has 6 heteroatoms. The largest absolute Gasteiger partial charge is 0.326 e. The maximum absolute atomic E-state index is 12.3. The van der Waals surface area contributed by atoms with Crippen LogP contribution in [-0.4, -0.2) is 17.8 Å². The Bertz CT molecular complexity index is 423. The van der Waals surface area contributed by atoms with E-state index < -0.39 is 6.43 Å². The van der Waals surface area contributed by atoms with Gasteiger partial charge in [0, 0.05) is 17.8 Å². The topological polar surface area (TPSA) is 50.7 Å². The van der Waals surface area contributed by atoms with Gasteiger partial charge in [-0.15, -0.1) is 11.3 Å². The highest BCUT2D eigenvalue weighted by Crippen LogP contribution is 2.22. The van der Waals surface area contributed by atoms with E-state index in [0.29, 0.717) is 12.3 Å². The highest BCUT2D eigenvalue weighted by atomic mass is 32.1. The number of hydrogen-bond donors (Lipinski definition) is 1. The standard InChI is InChI=1S/C9H9F2N3S/c10-9(11)7-3-6(13-14-7)8-2-1-5(4-12)15-8/h1-2,9H,3-4,12H2. The zero-order chi connectivity index (χ0) is 10.8. The molecule has 1 aliphatic rings. The Balaban J connectivity index is 2.10. The van der Waals surface area contributed by atoms with Crippen molar-refractivity contribution in [2.75, 3.05) is 0 Å². The summed E-state index contributed by atoms with van der Waals surface area (Å²) in [6.45, 7) is 0.459. The number of alkyl halides is 2. The fraction of sp³-hybridized carbons (Fsp3) is 0.333. The van der Waals surface area contributed by atoms with Gasteiger partial charge in [-0.2, -0.15) is 10.2 Å². The van der Waals surface area contributed by atoms with Gasteiger partial charge >= 0.3 is 0 Å². The van der Waals surface area contributed by atoms with Crippen molar-refractivity contribution in [3.05, 3.63) is 21.9 Å². The minimum absolute atomic E-state index is 0.141. The lowest BCUT2D eigenvalue weighted by Gasteiger charge is -1.96. The molecule has 2 heterocycles. The highest BCUT2D eigenvalue weighted by Gasteiger charge is 2.22. The van der Waals surface area contributed by atoms with Crippen LogP contribution in [0.2, 0.25) is 0 Å². The predicted molar refractivity (Wildman–Crippen MR) is 56.8 cm³/mol. The van der Waals surface area contributed by atoms with E-state index in [-0.39, 0.29) is 12.1 Å². The molecule has 1 aliphatic heterocycles. The van der Waals surface area contributed by atoms with Crippen LogP contribution in [-0.2, 0) is 6.54 Å². The molecule has 2 rings (SSSR count). The van der Waals surface area contributed by atoms with Crippen molar-refractivity contribution in [1.82, 2.24) is 0 Å². The van der Waals surface area contributed by atoms with Gasteiger partial charge in [0.15, 0.2) is 0 Å². The Kier molecular flexibility index (Phi) is 2.88. The van der Waals surface area contributed by atoms with Crippen molar-refractivity contribution in [2.24, 2.45) is 15.9 Å². The quantitative estimate of drug-likeness (QED) is 0.847. The zero-order valence-electron chi connectivity index (χ0n) is 7.78. The van der Waals surface area contributed by atoms with Crippen LogP contribution in [0.1, 0.15) is 16.2 Å². The van der Waals surface area contributed by atoms with E-state index in [1.165, 1.54) is 11.3 Å². The number of nitrogens with zero attached hydrogens (tertiary/aromatic N) is 2. The molecule has 80 valence electrons. The van der Waals surface area contributed by atoms with Crippen molar-refractivity contribution in [2.45, 2.75) is 19.4 Å². The first-order chi connectivity index (χ1) is 7.20. The molecule has 0 aliphatic carbocycles. The van der Waals surface area contributed by atoms with E-state index in [0.717, 1.165) is 9.75 Å². The monoisotopic (exact) mass is 229 g/mol. The number of thiophene rings is 1. The smallest absolute Gasteiger partial charge is 0.278 e. The fourth-order valence-corrected chi connectivity index (χ4v) is 2.14. The Hall–Kier alpha value is -1.14. The summed E-state index contributed by atoms with van der Waals surface area (Å²) in [5.74, 6) is 0. The number of halogens is 2. The molecule has 0 spiro atoms. The lowest BCUT2D eigenvalue weighted by Crippen LogP contribution is -2.10. The Morgan fingerprint density at radius 1 is 1.40 bits per heavy atom. The van der Waals surface area contributed by atoms with E-state index >= 15 is 0 Å². The van der Waals surface area contributed by atoms with Crippen molar-refractivity contribution in [3.63, 3.8) is 0 Å². The van der Waals surface area contributed by atoms with Gasteiger partial charge in [-0.25, -0.2) is 8.78 Å². The second kappa shape index (κ2) is 4.16. The molecular formula is C9H9F2N3S. The maximum atomic E-state index is 12.3. The molecule has 0 amide bonds. The van der Waals surface area contributed by atoms with E-state index in [4.69, 9.17) is 5.73 Å². The highest BCUT2D eigenvalue weighted by molar-refractivity contribution is 7.14. The third-order valence-electron chi connectivity index (χ3n) is 2.05. The molecule has 0 atom stereocenters. The average Bonchev–Trinajstić information content (AvgIpc) is 2.86. The van der Waals surface area contributed by atoms with Gasteiger partial charge in [0.1, 0.15) is 5.71 Å². The second-order valence-electron chi connectivity index (χ2n) is 3.09. The summed E-state index contributed by atoms with van der Waals surface area (Å²) in [6, 6.07) is 3.72. The molecule has 1 aromatic heterocycles. The molecule has 0 saturated heterocycles. The van der Waals surface area contributed by atoms with Crippen LogP contribution in [0.15, 0.2) is 22.3 Å². The third-order valence-corrected chi connectivity index (χ3v) is 3.20. The molecule has 0 radical (unpaired) electrons. The predicted octanol–water partition coefficient (Wildman–Crippen LogP) is 2.02. The third kappa shape index (κ3) is 2.10. The van der Waals surface area contributed by atoms with Gasteiger partial charge in [0.2, 0.25) is 0 Å². The minimum Gasteiger partial charge on any atom is -0.326 e. The zero-order valence-corrected chi connectivity index (χ0v) is 8.60. The lowest BCUT2D eigenvalue weighted by molar-refractivity contribution is 0.224.